The van der Waals surface area contributed by atoms with Gasteiger partial charge in [-0.2, -0.15) is 0 Å². The SMILES string of the molecule is Cc1nc(Cc2ccncc2)[nH]c(=O)c1CCC(=O)O. The fourth-order valence-corrected chi connectivity index (χ4v) is 1.97. The van der Waals surface area contributed by atoms with Crippen molar-refractivity contribution in [3.63, 3.8) is 0 Å². The van der Waals surface area contributed by atoms with Crippen LogP contribution in [0, 0.1) is 6.92 Å². The highest BCUT2D eigenvalue weighted by Crippen LogP contribution is 2.06. The van der Waals surface area contributed by atoms with Gasteiger partial charge < -0.3 is 10.1 Å². The summed E-state index contributed by atoms with van der Waals surface area (Å²) >= 11 is 0. The number of pyridine rings is 1. The molecule has 0 spiro atoms. The van der Waals surface area contributed by atoms with Gasteiger partial charge >= 0.3 is 5.97 Å². The normalized spacial score (nSPS) is 10.4. The summed E-state index contributed by atoms with van der Waals surface area (Å²) in [4.78, 5) is 33.5. The molecule has 0 saturated carbocycles. The first kappa shape index (κ1) is 13.9. The van der Waals surface area contributed by atoms with E-state index in [1.54, 1.807) is 19.3 Å². The molecule has 104 valence electrons. The fourth-order valence-electron chi connectivity index (χ4n) is 1.97. The summed E-state index contributed by atoms with van der Waals surface area (Å²) < 4.78 is 0. The van der Waals surface area contributed by atoms with Crippen LogP contribution in [0.1, 0.15) is 29.1 Å². The lowest BCUT2D eigenvalue weighted by Gasteiger charge is -2.06. The number of aromatic amines is 1. The molecule has 0 atom stereocenters. The van der Waals surface area contributed by atoms with Gasteiger partial charge in [0.2, 0.25) is 0 Å². The van der Waals surface area contributed by atoms with Crippen LogP contribution < -0.4 is 5.56 Å². The average Bonchev–Trinajstić information content (AvgIpc) is 2.38. The molecule has 0 saturated heterocycles. The molecule has 6 heteroatoms. The molecule has 0 amide bonds. The van der Waals surface area contributed by atoms with Crippen LogP contribution in [0.5, 0.6) is 0 Å². The number of nitrogens with zero attached hydrogens (tertiary/aromatic N) is 2. The Balaban J connectivity index is 2.22. The second kappa shape index (κ2) is 6.10. The zero-order valence-corrected chi connectivity index (χ0v) is 11.1. The van der Waals surface area contributed by atoms with Crippen molar-refractivity contribution in [2.45, 2.75) is 26.2 Å². The van der Waals surface area contributed by atoms with Gasteiger partial charge in [0.05, 0.1) is 0 Å². The highest BCUT2D eigenvalue weighted by molar-refractivity contribution is 5.67. The monoisotopic (exact) mass is 273 g/mol. The maximum atomic E-state index is 12.0. The summed E-state index contributed by atoms with van der Waals surface area (Å²) in [6.07, 6.45) is 4.00. The summed E-state index contributed by atoms with van der Waals surface area (Å²) in [6.45, 7) is 1.72. The van der Waals surface area contributed by atoms with Crippen molar-refractivity contribution in [1.29, 1.82) is 0 Å². The van der Waals surface area contributed by atoms with E-state index in [4.69, 9.17) is 5.11 Å². The Morgan fingerprint density at radius 2 is 2.05 bits per heavy atom. The smallest absolute Gasteiger partial charge is 0.303 e. The second-order valence-electron chi connectivity index (χ2n) is 4.50. The van der Waals surface area contributed by atoms with E-state index in [1.807, 2.05) is 12.1 Å². The van der Waals surface area contributed by atoms with Crippen molar-refractivity contribution in [3.05, 3.63) is 57.5 Å². The van der Waals surface area contributed by atoms with Crippen molar-refractivity contribution < 1.29 is 9.90 Å². The van der Waals surface area contributed by atoms with Gasteiger partial charge in [-0.05, 0) is 31.0 Å². The number of carboxylic acid groups (broad SMARTS) is 1. The minimum Gasteiger partial charge on any atom is -0.481 e. The maximum Gasteiger partial charge on any atom is 0.303 e. The first-order chi connectivity index (χ1) is 9.56. The van der Waals surface area contributed by atoms with E-state index in [9.17, 15) is 9.59 Å². The van der Waals surface area contributed by atoms with Gasteiger partial charge in [0.25, 0.3) is 5.56 Å². The maximum absolute atomic E-state index is 12.0. The molecule has 20 heavy (non-hydrogen) atoms. The van der Waals surface area contributed by atoms with Crippen molar-refractivity contribution >= 4 is 5.97 Å². The Kier molecular flexibility index (Phi) is 4.24. The first-order valence-electron chi connectivity index (χ1n) is 6.25. The minimum absolute atomic E-state index is 0.0741. The van der Waals surface area contributed by atoms with E-state index in [-0.39, 0.29) is 18.4 Å². The Bertz CT molecular complexity index is 665. The third-order valence-electron chi connectivity index (χ3n) is 2.98. The van der Waals surface area contributed by atoms with Crippen LogP contribution in [0.3, 0.4) is 0 Å². The van der Waals surface area contributed by atoms with Crippen LogP contribution in [-0.2, 0) is 17.6 Å². The molecule has 0 bridgehead atoms. The average molecular weight is 273 g/mol. The molecular weight excluding hydrogens is 258 g/mol. The molecule has 0 aliphatic rings. The third kappa shape index (κ3) is 3.50. The van der Waals surface area contributed by atoms with Gasteiger partial charge in [-0.1, -0.05) is 0 Å². The molecule has 0 unspecified atom stereocenters. The third-order valence-corrected chi connectivity index (χ3v) is 2.98. The summed E-state index contributed by atoms with van der Waals surface area (Å²) in [6, 6.07) is 3.71. The highest BCUT2D eigenvalue weighted by atomic mass is 16.4. The van der Waals surface area contributed by atoms with Crippen LogP contribution in [0.2, 0.25) is 0 Å². The summed E-state index contributed by atoms with van der Waals surface area (Å²) in [5, 5.41) is 8.67. The van der Waals surface area contributed by atoms with E-state index in [0.717, 1.165) is 5.56 Å². The van der Waals surface area contributed by atoms with E-state index in [0.29, 0.717) is 23.5 Å². The van der Waals surface area contributed by atoms with Crippen LogP contribution in [0.25, 0.3) is 0 Å². The second-order valence-corrected chi connectivity index (χ2v) is 4.50. The van der Waals surface area contributed by atoms with Gasteiger partial charge in [-0.25, -0.2) is 4.98 Å². The highest BCUT2D eigenvalue weighted by Gasteiger charge is 2.10. The number of carboxylic acids is 1. The van der Waals surface area contributed by atoms with E-state index >= 15 is 0 Å². The van der Waals surface area contributed by atoms with Crippen LogP contribution in [0.15, 0.2) is 29.3 Å². The van der Waals surface area contributed by atoms with Crippen molar-refractivity contribution in [2.24, 2.45) is 0 Å². The number of hydrogen-bond acceptors (Lipinski definition) is 4. The van der Waals surface area contributed by atoms with Crippen molar-refractivity contribution in [2.75, 3.05) is 0 Å². The van der Waals surface area contributed by atoms with Gasteiger partial charge in [-0.3, -0.25) is 14.6 Å². The quantitative estimate of drug-likeness (QED) is 0.849. The molecule has 0 aromatic carbocycles. The molecule has 2 heterocycles. The summed E-state index contributed by atoms with van der Waals surface area (Å²) in [7, 11) is 0. The predicted molar refractivity (Wildman–Crippen MR) is 72.6 cm³/mol. The van der Waals surface area contributed by atoms with Gasteiger partial charge in [0.1, 0.15) is 5.82 Å². The van der Waals surface area contributed by atoms with Gasteiger partial charge in [0.15, 0.2) is 0 Å². The zero-order valence-electron chi connectivity index (χ0n) is 11.1. The molecule has 0 aliphatic heterocycles. The molecule has 2 aromatic heterocycles. The number of hydrogen-bond donors (Lipinski definition) is 2. The topological polar surface area (TPSA) is 95.9 Å². The van der Waals surface area contributed by atoms with Crippen molar-refractivity contribution in [1.82, 2.24) is 15.0 Å². The lowest BCUT2D eigenvalue weighted by atomic mass is 10.1. The van der Waals surface area contributed by atoms with Gasteiger partial charge in [-0.15, -0.1) is 0 Å². The molecular formula is C14H15N3O3. The van der Waals surface area contributed by atoms with Crippen LogP contribution >= 0.6 is 0 Å². The predicted octanol–water partition coefficient (Wildman–Crippen LogP) is 1.08. The molecule has 2 N–H and O–H groups in total. The van der Waals surface area contributed by atoms with E-state index in [1.165, 1.54) is 0 Å². The summed E-state index contributed by atoms with van der Waals surface area (Å²) in [5.74, 6) is -0.359. The Morgan fingerprint density at radius 1 is 1.35 bits per heavy atom. The molecule has 2 aromatic rings. The Labute approximate surface area is 115 Å². The number of aryl methyl sites for hydroxylation is 1. The molecule has 2 rings (SSSR count). The Morgan fingerprint density at radius 3 is 2.65 bits per heavy atom. The van der Waals surface area contributed by atoms with Crippen LogP contribution in [-0.4, -0.2) is 26.0 Å². The molecule has 6 nitrogen and oxygen atoms in total. The Hall–Kier alpha value is -2.50. The fraction of sp³-hybridized carbons (Fsp3) is 0.286. The number of aliphatic carboxylic acids is 1. The van der Waals surface area contributed by atoms with Crippen LogP contribution in [0.4, 0.5) is 0 Å². The number of rotatable bonds is 5. The number of nitrogens with one attached hydrogen (secondary N) is 1. The van der Waals surface area contributed by atoms with E-state index < -0.39 is 5.97 Å². The zero-order chi connectivity index (χ0) is 14.5. The largest absolute Gasteiger partial charge is 0.481 e. The molecule has 0 fully saturated rings. The molecule has 0 aliphatic carbocycles. The first-order valence-corrected chi connectivity index (χ1v) is 6.25. The lowest BCUT2D eigenvalue weighted by Crippen LogP contribution is -2.20. The number of H-pyrrole nitrogens is 1. The van der Waals surface area contributed by atoms with Gasteiger partial charge in [0, 0.05) is 36.5 Å². The lowest BCUT2D eigenvalue weighted by molar-refractivity contribution is -0.136. The number of aromatic nitrogens is 3. The number of carbonyl (C=O) groups is 1. The summed E-state index contributed by atoms with van der Waals surface area (Å²) in [5.41, 5.74) is 1.76. The standard InChI is InChI=1S/C14H15N3O3/c1-9-11(2-3-13(18)19)14(20)17-12(16-9)8-10-4-6-15-7-5-10/h4-7H,2-3,8H2,1H3,(H,18,19)(H,16,17,20). The van der Waals surface area contributed by atoms with E-state index in [2.05, 4.69) is 15.0 Å². The molecule has 0 radical (unpaired) electrons. The minimum atomic E-state index is -0.926. The van der Waals surface area contributed by atoms with Crippen molar-refractivity contribution in [3.8, 4) is 0 Å².